The number of rotatable bonds is 0. The van der Waals surface area contributed by atoms with Crippen LogP contribution in [0.25, 0.3) is 0 Å². The van der Waals surface area contributed by atoms with Gasteiger partial charge in [0.2, 0.25) is 0 Å². The van der Waals surface area contributed by atoms with Crippen LogP contribution in [0.15, 0.2) is 0 Å². The average molecular weight is 192 g/mol. The molecule has 0 atom stereocenters. The molecule has 0 aromatic rings. The first-order valence-corrected chi connectivity index (χ1v) is 0. The van der Waals surface area contributed by atoms with Crippen LogP contribution >= 0.6 is 0 Å². The van der Waals surface area contributed by atoms with Gasteiger partial charge >= 0.3 is 83.2 Å². The molecule has 0 radical (unpaired) electrons. The molecule has 0 spiro atoms. The van der Waals surface area contributed by atoms with Gasteiger partial charge in [0, 0.05) is 0 Å². The molecule has 4 heteroatoms. The molecule has 0 aliphatic carbocycles. The smallest absolute Gasteiger partial charge is 2.00 e. The summed E-state index contributed by atoms with van der Waals surface area (Å²) in [7, 11) is 0. The third-order valence-corrected chi connectivity index (χ3v) is 0. The van der Waals surface area contributed by atoms with E-state index in [0.717, 1.165) is 0 Å². The third-order valence-electron chi connectivity index (χ3n) is 0. The Balaban J connectivity index is 0. The van der Waals surface area contributed by atoms with Crippen molar-refractivity contribution in [3.05, 3.63) is 0 Å². The molecule has 0 N–H and O–H groups in total. The van der Waals surface area contributed by atoms with Gasteiger partial charge in [-0.05, 0) is 0 Å². The molecule has 0 aliphatic rings. The summed E-state index contributed by atoms with van der Waals surface area (Å²) in [5.41, 5.74) is 0. The summed E-state index contributed by atoms with van der Waals surface area (Å²) in [5, 5.41) is 0. The van der Waals surface area contributed by atoms with E-state index in [-0.39, 0.29) is 110 Å². The van der Waals surface area contributed by atoms with Gasteiger partial charge in [0.1, 0.15) is 0 Å². The van der Waals surface area contributed by atoms with E-state index in [1.165, 1.54) is 0 Å². The van der Waals surface area contributed by atoms with Crippen molar-refractivity contribution in [3.8, 4) is 0 Å². The van der Waals surface area contributed by atoms with Crippen LogP contribution in [0.2, 0.25) is 0 Å². The molecule has 0 fully saturated rings. The first-order valence-electron chi connectivity index (χ1n) is 0. The maximum atomic E-state index is 0. The zero-order chi connectivity index (χ0) is 0. The van der Waals surface area contributed by atoms with E-state index in [4.69, 9.17) is 0 Å². The van der Waals surface area contributed by atoms with Gasteiger partial charge in [-0.2, -0.15) is 0 Å². The average Bonchev–Trinajstić information content (AvgIpc) is 0. The van der Waals surface area contributed by atoms with Gasteiger partial charge in [0.15, 0.2) is 0 Å². The summed E-state index contributed by atoms with van der Waals surface area (Å²) in [6, 6.07) is 0. The van der Waals surface area contributed by atoms with Gasteiger partial charge in [-0.15, -0.1) is 0 Å². The monoisotopic (exact) mass is 192 g/mol. The van der Waals surface area contributed by atoms with Crippen molar-refractivity contribution in [2.24, 2.45) is 0 Å². The van der Waals surface area contributed by atoms with Crippen LogP contribution in [0.3, 0.4) is 0 Å². The van der Waals surface area contributed by atoms with Crippen LogP contribution in [0.5, 0.6) is 0 Å². The van der Waals surface area contributed by atoms with E-state index in [9.17, 15) is 0 Å². The van der Waals surface area contributed by atoms with Gasteiger partial charge in [0.05, 0.1) is 0 Å². The van der Waals surface area contributed by atoms with E-state index in [1.807, 2.05) is 0 Å². The Morgan fingerprint density at radius 1 is 0.750 bits per heavy atom. The fourth-order valence-electron chi connectivity index (χ4n) is 0. The third kappa shape index (κ3) is 9.06. The first kappa shape index (κ1) is 26.1. The quantitative estimate of drug-likeness (QED) is 0.442. The fraction of sp³-hybridized carbons (Fsp3) is 0. The van der Waals surface area contributed by atoms with E-state index in [1.54, 1.807) is 0 Å². The standard InChI is InChI=1S/Ca.2S.Sr/q+2;2*-2;+2. The molecule has 0 amide bonds. The normalized spacial score (nSPS) is 0. The van der Waals surface area contributed by atoms with Crippen LogP contribution < -0.4 is 0 Å². The molecule has 16 valence electrons. The number of hydrogen-bond donors (Lipinski definition) is 0. The minimum absolute atomic E-state index is 0. The van der Waals surface area contributed by atoms with Crippen molar-refractivity contribution >= 4 is 110 Å². The van der Waals surface area contributed by atoms with Crippen molar-refractivity contribution in [1.82, 2.24) is 0 Å². The summed E-state index contributed by atoms with van der Waals surface area (Å²) >= 11 is 0. The van der Waals surface area contributed by atoms with E-state index in [0.29, 0.717) is 0 Å². The van der Waals surface area contributed by atoms with Crippen molar-refractivity contribution in [2.75, 3.05) is 0 Å². The van der Waals surface area contributed by atoms with Gasteiger partial charge in [-0.1, -0.05) is 0 Å². The van der Waals surface area contributed by atoms with E-state index < -0.39 is 0 Å². The largest absolute Gasteiger partial charge is 2.00 e. The summed E-state index contributed by atoms with van der Waals surface area (Å²) in [4.78, 5) is 0. The Morgan fingerprint density at radius 3 is 0.750 bits per heavy atom. The summed E-state index contributed by atoms with van der Waals surface area (Å²) < 4.78 is 0. The minimum atomic E-state index is 0. The van der Waals surface area contributed by atoms with Gasteiger partial charge in [-0.3, -0.25) is 0 Å². The molecule has 0 aliphatic heterocycles. The van der Waals surface area contributed by atoms with Crippen molar-refractivity contribution < 1.29 is 0 Å². The topological polar surface area (TPSA) is 0 Å². The van der Waals surface area contributed by atoms with Crippen LogP contribution in [0.4, 0.5) is 0 Å². The van der Waals surface area contributed by atoms with Gasteiger partial charge in [0.25, 0.3) is 0 Å². The molecule has 0 aromatic heterocycles. The predicted molar refractivity (Wildman–Crippen MR) is 26.2 cm³/mol. The molecule has 0 rings (SSSR count). The van der Waals surface area contributed by atoms with Crippen molar-refractivity contribution in [3.63, 3.8) is 0 Å². The predicted octanol–water partition coefficient (Wildman–Crippen LogP) is -0.766. The number of hydrogen-bond acceptors (Lipinski definition) is 0. The first-order chi connectivity index (χ1) is 0. The molecule has 0 aromatic carbocycles. The van der Waals surface area contributed by atoms with Crippen LogP contribution in [0.1, 0.15) is 0 Å². The Hall–Kier alpha value is 3.44. The molecule has 0 heterocycles. The second-order valence-electron chi connectivity index (χ2n) is 0. The Morgan fingerprint density at radius 2 is 0.750 bits per heavy atom. The van der Waals surface area contributed by atoms with Crippen LogP contribution in [-0.4, -0.2) is 83.2 Å². The fourth-order valence-corrected chi connectivity index (χ4v) is 0. The molecule has 0 unspecified atom stereocenters. The Kier molecular flexibility index (Phi) is 105. The minimum Gasteiger partial charge on any atom is -2.00 e. The maximum absolute atomic E-state index is 0. The van der Waals surface area contributed by atoms with Crippen LogP contribution in [0, 0.1) is 0 Å². The van der Waals surface area contributed by atoms with Gasteiger partial charge < -0.3 is 27.0 Å². The summed E-state index contributed by atoms with van der Waals surface area (Å²) in [6.45, 7) is 0. The zero-order valence-electron chi connectivity index (χ0n) is 2.23. The van der Waals surface area contributed by atoms with Crippen molar-refractivity contribution in [1.29, 1.82) is 0 Å². The molecule has 0 saturated carbocycles. The summed E-state index contributed by atoms with van der Waals surface area (Å²) in [6.07, 6.45) is 0. The molecule has 4 heavy (non-hydrogen) atoms. The Labute approximate surface area is 107 Å². The zero-order valence-corrected chi connectivity index (χ0v) is 9.55. The van der Waals surface area contributed by atoms with Crippen LogP contribution in [-0.2, 0) is 27.0 Å². The molecule has 0 bridgehead atoms. The SMILES string of the molecule is [Ca+2].[S-2].[S-2].[Sr+2]. The maximum Gasteiger partial charge on any atom is 2.00 e. The summed E-state index contributed by atoms with van der Waals surface area (Å²) in [5.74, 6) is 0. The second kappa shape index (κ2) is 16.1. The Bertz CT molecular complexity index is 6.00. The molecule has 0 saturated heterocycles. The molecule has 0 nitrogen and oxygen atoms in total. The van der Waals surface area contributed by atoms with E-state index >= 15 is 0 Å². The van der Waals surface area contributed by atoms with Gasteiger partial charge in [-0.25, -0.2) is 0 Å². The molecular weight excluding hydrogens is 192 g/mol. The second-order valence-corrected chi connectivity index (χ2v) is 0. The van der Waals surface area contributed by atoms with E-state index in [2.05, 4.69) is 0 Å². The van der Waals surface area contributed by atoms with Crippen molar-refractivity contribution in [2.45, 2.75) is 0 Å². The molecular formula is CaS2Sr.